The molecule has 0 fully saturated rings. The first kappa shape index (κ1) is 36.8. The van der Waals surface area contributed by atoms with Crippen molar-refractivity contribution in [3.05, 3.63) is 115 Å². The van der Waals surface area contributed by atoms with E-state index in [9.17, 15) is 39.6 Å². The third-order valence-electron chi connectivity index (χ3n) is 8.79. The number of rotatable bonds is 13. The summed E-state index contributed by atoms with van der Waals surface area (Å²) in [6.45, 7) is 6.52. The fourth-order valence-corrected chi connectivity index (χ4v) is 6.74. The van der Waals surface area contributed by atoms with Gasteiger partial charge in [-0.1, -0.05) is 24.3 Å². The highest BCUT2D eigenvalue weighted by Gasteiger charge is 2.34. The molecule has 0 heterocycles. The Kier molecular flexibility index (Phi) is 10.7. The molecule has 0 amide bonds. The van der Waals surface area contributed by atoms with E-state index in [1.165, 1.54) is 28.4 Å². The van der Waals surface area contributed by atoms with Crippen LogP contribution in [0.3, 0.4) is 0 Å². The molecule has 4 aromatic carbocycles. The zero-order valence-electron chi connectivity index (χ0n) is 28.8. The Morgan fingerprint density at radius 2 is 0.580 bits per heavy atom. The van der Waals surface area contributed by atoms with Crippen LogP contribution in [0, 0.1) is 27.7 Å². The number of carboxylic acid groups (broad SMARTS) is 4. The summed E-state index contributed by atoms with van der Waals surface area (Å²) in [7, 11) is 5.40. The fourth-order valence-electron chi connectivity index (χ4n) is 6.74. The first-order valence-electron chi connectivity index (χ1n) is 15.3. The molecule has 4 rings (SSSR count). The van der Waals surface area contributed by atoms with Gasteiger partial charge in [0.15, 0.2) is 0 Å². The van der Waals surface area contributed by atoms with E-state index in [4.69, 9.17) is 18.9 Å². The van der Waals surface area contributed by atoms with Crippen LogP contribution in [-0.4, -0.2) is 72.7 Å². The highest BCUT2D eigenvalue weighted by Crippen LogP contribution is 2.48. The molecule has 0 aliphatic rings. The Hall–Kier alpha value is -6.04. The van der Waals surface area contributed by atoms with E-state index in [0.717, 1.165) is 0 Å². The molecule has 0 saturated carbocycles. The van der Waals surface area contributed by atoms with Gasteiger partial charge in [-0.15, -0.1) is 0 Å². The number of hydrogen-bond donors (Lipinski definition) is 4. The smallest absolute Gasteiger partial charge is 0.339 e. The van der Waals surface area contributed by atoms with Crippen LogP contribution in [0.1, 0.15) is 97.8 Å². The van der Waals surface area contributed by atoms with Gasteiger partial charge in [-0.05, 0) is 96.5 Å². The summed E-state index contributed by atoms with van der Waals surface area (Å²) in [5.41, 5.74) is 3.54. The summed E-state index contributed by atoms with van der Waals surface area (Å²) in [6.07, 6.45) is 0. The molecule has 0 radical (unpaired) electrons. The lowest BCUT2D eigenvalue weighted by Gasteiger charge is -2.32. The maximum Gasteiger partial charge on any atom is 0.339 e. The van der Waals surface area contributed by atoms with Crippen LogP contribution >= 0.6 is 0 Å². The summed E-state index contributed by atoms with van der Waals surface area (Å²) >= 11 is 0. The topological polar surface area (TPSA) is 186 Å². The molecule has 0 aliphatic carbocycles. The van der Waals surface area contributed by atoms with Crippen LogP contribution in [0.2, 0.25) is 0 Å². The van der Waals surface area contributed by atoms with Crippen LogP contribution < -0.4 is 18.9 Å². The van der Waals surface area contributed by atoms with Gasteiger partial charge in [0.05, 0.1) is 28.4 Å². The molecule has 4 aromatic rings. The maximum atomic E-state index is 12.3. The molecule has 0 atom stereocenters. The van der Waals surface area contributed by atoms with Gasteiger partial charge in [0, 0.05) is 11.8 Å². The number of aryl methyl sites for hydroxylation is 4. The number of carbonyl (C=O) groups is 4. The van der Waals surface area contributed by atoms with E-state index >= 15 is 0 Å². The first-order valence-corrected chi connectivity index (χ1v) is 15.3. The first-order chi connectivity index (χ1) is 23.6. The molecule has 0 bridgehead atoms. The average molecular weight is 687 g/mol. The van der Waals surface area contributed by atoms with E-state index in [-0.39, 0.29) is 45.3 Å². The summed E-state index contributed by atoms with van der Waals surface area (Å²) in [5.74, 6) is -6.04. The molecule has 4 N–H and O–H groups in total. The normalized spacial score (nSPS) is 11.0. The Morgan fingerprint density at radius 3 is 0.720 bits per heavy atom. The van der Waals surface area contributed by atoms with Gasteiger partial charge in [0.25, 0.3) is 0 Å². The van der Waals surface area contributed by atoms with Crippen LogP contribution in [0.5, 0.6) is 23.0 Å². The zero-order valence-corrected chi connectivity index (χ0v) is 28.8. The molecule has 262 valence electrons. The molecular formula is C38H38O12. The van der Waals surface area contributed by atoms with Gasteiger partial charge < -0.3 is 39.4 Å². The monoisotopic (exact) mass is 686 g/mol. The molecule has 12 nitrogen and oxygen atoms in total. The molecular weight excluding hydrogens is 648 g/mol. The lowest BCUT2D eigenvalue weighted by molar-refractivity contribution is 0.0681. The minimum Gasteiger partial charge on any atom is -0.496 e. The highest BCUT2D eigenvalue weighted by atomic mass is 16.5. The number of methoxy groups -OCH3 is 4. The van der Waals surface area contributed by atoms with Crippen LogP contribution in [0.15, 0.2) is 48.5 Å². The SMILES string of the molecule is COc1cc(C(c2cc(C)c(C(=O)O)c(OC)c2)C(c2cc(C)c(C(=O)O)c(OC)c2)c2cc(C)c(C(=O)O)c(OC)c2)cc(C)c1C(=O)O. The average Bonchev–Trinajstić information content (AvgIpc) is 3.04. The molecule has 50 heavy (non-hydrogen) atoms. The molecule has 12 heteroatoms. The van der Waals surface area contributed by atoms with Crippen molar-refractivity contribution >= 4 is 23.9 Å². The van der Waals surface area contributed by atoms with E-state index in [2.05, 4.69) is 0 Å². The lowest BCUT2D eigenvalue weighted by Crippen LogP contribution is -2.19. The van der Waals surface area contributed by atoms with Crippen molar-refractivity contribution in [2.45, 2.75) is 39.5 Å². The second kappa shape index (κ2) is 14.6. The minimum atomic E-state index is -1.20. The molecule has 0 saturated heterocycles. The van der Waals surface area contributed by atoms with Crippen molar-refractivity contribution in [2.75, 3.05) is 28.4 Å². The number of benzene rings is 4. The third kappa shape index (κ3) is 6.77. The predicted molar refractivity (Wildman–Crippen MR) is 182 cm³/mol. The molecule has 0 spiro atoms. The molecule has 0 unspecified atom stereocenters. The summed E-state index contributed by atoms with van der Waals surface area (Å²) < 4.78 is 22.3. The maximum absolute atomic E-state index is 12.3. The minimum absolute atomic E-state index is 0.0480. The van der Waals surface area contributed by atoms with Gasteiger partial charge >= 0.3 is 23.9 Å². The standard InChI is InChI=1S/C38H38O12/c1-17-9-21(13-25(47-5)29(17)35(39)40)33(22-10-18(2)30(36(41)42)26(14-22)48-6)34(23-11-19(3)31(37(43)44)27(15-23)49-7)24-12-20(4)32(38(45)46)28(16-24)50-8/h9-16,33-34H,1-8H3,(H,39,40)(H,41,42)(H,43,44)(H,45,46). The van der Waals surface area contributed by atoms with Crippen LogP contribution in [-0.2, 0) is 0 Å². The van der Waals surface area contributed by atoms with Crippen molar-refractivity contribution in [2.24, 2.45) is 0 Å². The number of carboxylic acids is 4. The van der Waals surface area contributed by atoms with Gasteiger partial charge in [-0.3, -0.25) is 0 Å². The number of ether oxygens (including phenoxy) is 4. The fraction of sp³-hybridized carbons (Fsp3) is 0.263. The predicted octanol–water partition coefficient (Wildman–Crippen LogP) is 6.71. The second-order valence-electron chi connectivity index (χ2n) is 11.8. The van der Waals surface area contributed by atoms with Crippen LogP contribution in [0.4, 0.5) is 0 Å². The highest BCUT2D eigenvalue weighted by molar-refractivity contribution is 5.95. The summed E-state index contributed by atoms with van der Waals surface area (Å²) in [4.78, 5) is 49.1. The van der Waals surface area contributed by atoms with E-state index in [1.54, 1.807) is 76.2 Å². The van der Waals surface area contributed by atoms with E-state index in [1.807, 2.05) is 0 Å². The Morgan fingerprint density at radius 1 is 0.400 bits per heavy atom. The largest absolute Gasteiger partial charge is 0.496 e. The Labute approximate surface area is 288 Å². The van der Waals surface area contributed by atoms with E-state index < -0.39 is 35.7 Å². The van der Waals surface area contributed by atoms with Gasteiger partial charge in [0.1, 0.15) is 45.3 Å². The second-order valence-corrected chi connectivity index (χ2v) is 11.8. The Bertz CT molecular complexity index is 1740. The van der Waals surface area contributed by atoms with Crippen molar-refractivity contribution in [1.82, 2.24) is 0 Å². The van der Waals surface area contributed by atoms with Crippen molar-refractivity contribution < 1.29 is 58.6 Å². The molecule has 0 aliphatic heterocycles. The number of hydrogen-bond acceptors (Lipinski definition) is 8. The van der Waals surface area contributed by atoms with Gasteiger partial charge in [-0.25, -0.2) is 19.2 Å². The van der Waals surface area contributed by atoms with Crippen molar-refractivity contribution in [3.63, 3.8) is 0 Å². The quantitative estimate of drug-likeness (QED) is 0.117. The van der Waals surface area contributed by atoms with Gasteiger partial charge in [-0.2, -0.15) is 0 Å². The third-order valence-corrected chi connectivity index (χ3v) is 8.79. The van der Waals surface area contributed by atoms with Gasteiger partial charge in [0.2, 0.25) is 0 Å². The number of aromatic carboxylic acids is 4. The zero-order chi connectivity index (χ0) is 37.2. The lowest BCUT2D eigenvalue weighted by atomic mass is 9.71. The van der Waals surface area contributed by atoms with Crippen molar-refractivity contribution in [1.29, 1.82) is 0 Å². The van der Waals surface area contributed by atoms with Crippen molar-refractivity contribution in [3.8, 4) is 23.0 Å². The Balaban J connectivity index is 2.27. The summed E-state index contributed by atoms with van der Waals surface area (Å²) in [6, 6.07) is 13.1. The van der Waals surface area contributed by atoms with E-state index in [0.29, 0.717) is 44.5 Å². The van der Waals surface area contributed by atoms with Crippen LogP contribution in [0.25, 0.3) is 0 Å². The summed E-state index contributed by atoms with van der Waals surface area (Å²) in [5, 5.41) is 40.1. The molecule has 0 aromatic heterocycles.